The summed E-state index contributed by atoms with van der Waals surface area (Å²) in [5.74, 6) is 0.775. The van der Waals surface area contributed by atoms with E-state index in [1.807, 2.05) is 7.05 Å². The number of nitrogens with one attached hydrogen (secondary N) is 1. The highest BCUT2D eigenvalue weighted by molar-refractivity contribution is 4.80. The van der Waals surface area contributed by atoms with Gasteiger partial charge in [0.1, 0.15) is 0 Å². The van der Waals surface area contributed by atoms with E-state index in [0.29, 0.717) is 0 Å². The Kier molecular flexibility index (Phi) is 2.90. The minimum atomic E-state index is 0.137. The highest BCUT2D eigenvalue weighted by atomic mass is 16.5. The molecule has 0 aromatic carbocycles. The Morgan fingerprint density at radius 1 is 1.55 bits per heavy atom. The molecule has 0 amide bonds. The number of hydrogen-bond donors (Lipinski definition) is 1. The van der Waals surface area contributed by atoms with Crippen molar-refractivity contribution in [2.45, 2.75) is 32.3 Å². The highest BCUT2D eigenvalue weighted by Gasteiger charge is 2.31. The van der Waals surface area contributed by atoms with E-state index in [2.05, 4.69) is 19.2 Å². The quantitative estimate of drug-likeness (QED) is 0.669. The predicted octanol–water partition coefficient (Wildman–Crippen LogP) is 1.41. The Morgan fingerprint density at radius 2 is 2.27 bits per heavy atom. The SMILES string of the molecule is CNCCC1COC(C)(C)C1. The summed E-state index contributed by atoms with van der Waals surface area (Å²) >= 11 is 0. The zero-order valence-corrected chi connectivity index (χ0v) is 7.81. The molecule has 0 aromatic rings. The van der Waals surface area contributed by atoms with Crippen LogP contribution in [0.3, 0.4) is 0 Å². The van der Waals surface area contributed by atoms with E-state index in [1.165, 1.54) is 12.8 Å². The Labute approximate surface area is 69.3 Å². The van der Waals surface area contributed by atoms with Gasteiger partial charge < -0.3 is 10.1 Å². The van der Waals surface area contributed by atoms with Crippen molar-refractivity contribution in [3.05, 3.63) is 0 Å². The summed E-state index contributed by atoms with van der Waals surface area (Å²) < 4.78 is 5.62. The fourth-order valence-corrected chi connectivity index (χ4v) is 1.69. The van der Waals surface area contributed by atoms with Crippen molar-refractivity contribution < 1.29 is 4.74 Å². The van der Waals surface area contributed by atoms with Crippen molar-refractivity contribution in [2.24, 2.45) is 5.92 Å². The van der Waals surface area contributed by atoms with Crippen LogP contribution in [0.1, 0.15) is 26.7 Å². The van der Waals surface area contributed by atoms with E-state index in [4.69, 9.17) is 4.74 Å². The second kappa shape index (κ2) is 3.55. The lowest BCUT2D eigenvalue weighted by Crippen LogP contribution is -2.17. The highest BCUT2D eigenvalue weighted by Crippen LogP contribution is 2.30. The van der Waals surface area contributed by atoms with Gasteiger partial charge in [-0.2, -0.15) is 0 Å². The topological polar surface area (TPSA) is 21.3 Å². The van der Waals surface area contributed by atoms with Crippen LogP contribution in [0.5, 0.6) is 0 Å². The van der Waals surface area contributed by atoms with Crippen molar-refractivity contribution in [1.29, 1.82) is 0 Å². The molecule has 1 unspecified atom stereocenters. The molecule has 2 heteroatoms. The molecule has 1 heterocycles. The maximum absolute atomic E-state index is 5.62. The molecular formula is C9H19NO. The molecule has 0 saturated carbocycles. The molecule has 1 saturated heterocycles. The van der Waals surface area contributed by atoms with Crippen molar-refractivity contribution in [1.82, 2.24) is 5.32 Å². The Morgan fingerprint density at radius 3 is 2.73 bits per heavy atom. The van der Waals surface area contributed by atoms with Gasteiger partial charge in [0.05, 0.1) is 12.2 Å². The number of hydrogen-bond acceptors (Lipinski definition) is 2. The minimum absolute atomic E-state index is 0.137. The molecule has 1 fully saturated rings. The van der Waals surface area contributed by atoms with Crippen molar-refractivity contribution >= 4 is 0 Å². The molecular weight excluding hydrogens is 138 g/mol. The largest absolute Gasteiger partial charge is 0.375 e. The molecule has 0 bridgehead atoms. The maximum Gasteiger partial charge on any atom is 0.0630 e. The molecule has 11 heavy (non-hydrogen) atoms. The molecule has 0 spiro atoms. The molecule has 1 aliphatic rings. The molecule has 0 radical (unpaired) electrons. The first-order valence-electron chi connectivity index (χ1n) is 4.42. The molecule has 1 rings (SSSR count). The summed E-state index contributed by atoms with van der Waals surface area (Å²) in [6.07, 6.45) is 2.47. The summed E-state index contributed by atoms with van der Waals surface area (Å²) in [5, 5.41) is 3.17. The summed E-state index contributed by atoms with van der Waals surface area (Å²) in [4.78, 5) is 0. The van der Waals surface area contributed by atoms with Gasteiger partial charge in [0.2, 0.25) is 0 Å². The van der Waals surface area contributed by atoms with Crippen LogP contribution in [0.2, 0.25) is 0 Å². The van der Waals surface area contributed by atoms with E-state index in [9.17, 15) is 0 Å². The van der Waals surface area contributed by atoms with Gasteiger partial charge in [-0.1, -0.05) is 0 Å². The first kappa shape index (κ1) is 9.01. The van der Waals surface area contributed by atoms with E-state index >= 15 is 0 Å². The summed E-state index contributed by atoms with van der Waals surface area (Å²) in [7, 11) is 2.00. The van der Waals surface area contributed by atoms with Gasteiger partial charge in [-0.25, -0.2) is 0 Å². The Balaban J connectivity index is 2.20. The fraction of sp³-hybridized carbons (Fsp3) is 1.00. The van der Waals surface area contributed by atoms with Crippen molar-refractivity contribution in [3.8, 4) is 0 Å². The monoisotopic (exact) mass is 157 g/mol. The first-order valence-corrected chi connectivity index (χ1v) is 4.42. The molecule has 66 valence electrons. The van der Waals surface area contributed by atoms with E-state index in [1.54, 1.807) is 0 Å². The van der Waals surface area contributed by atoms with Crippen molar-refractivity contribution in [2.75, 3.05) is 20.2 Å². The van der Waals surface area contributed by atoms with Crippen LogP contribution < -0.4 is 5.32 Å². The lowest BCUT2D eigenvalue weighted by molar-refractivity contribution is 0.0349. The second-order valence-electron chi connectivity index (χ2n) is 4.03. The van der Waals surface area contributed by atoms with Crippen LogP contribution in [-0.4, -0.2) is 25.8 Å². The molecule has 1 aliphatic heterocycles. The third kappa shape index (κ3) is 2.80. The smallest absolute Gasteiger partial charge is 0.0630 e. The van der Waals surface area contributed by atoms with Crippen LogP contribution in [0, 0.1) is 5.92 Å². The van der Waals surface area contributed by atoms with Gasteiger partial charge in [-0.05, 0) is 46.2 Å². The lowest BCUT2D eigenvalue weighted by Gasteiger charge is -2.15. The second-order valence-corrected chi connectivity index (χ2v) is 4.03. The molecule has 0 aliphatic carbocycles. The minimum Gasteiger partial charge on any atom is -0.375 e. The zero-order valence-electron chi connectivity index (χ0n) is 7.81. The maximum atomic E-state index is 5.62. The lowest BCUT2D eigenvalue weighted by atomic mass is 9.95. The van der Waals surface area contributed by atoms with Gasteiger partial charge in [-0.15, -0.1) is 0 Å². The first-order chi connectivity index (χ1) is 5.14. The average molecular weight is 157 g/mol. The Hall–Kier alpha value is -0.0800. The van der Waals surface area contributed by atoms with Crippen LogP contribution in [0.25, 0.3) is 0 Å². The van der Waals surface area contributed by atoms with E-state index < -0.39 is 0 Å². The van der Waals surface area contributed by atoms with Gasteiger partial charge in [0.15, 0.2) is 0 Å². The third-order valence-electron chi connectivity index (χ3n) is 2.29. The summed E-state index contributed by atoms with van der Waals surface area (Å²) in [6.45, 7) is 6.41. The Bertz CT molecular complexity index is 123. The predicted molar refractivity (Wildman–Crippen MR) is 46.7 cm³/mol. The van der Waals surface area contributed by atoms with Gasteiger partial charge in [0.25, 0.3) is 0 Å². The van der Waals surface area contributed by atoms with E-state index in [0.717, 1.165) is 19.1 Å². The van der Waals surface area contributed by atoms with Gasteiger partial charge >= 0.3 is 0 Å². The van der Waals surface area contributed by atoms with Gasteiger partial charge in [-0.3, -0.25) is 0 Å². The number of ether oxygens (including phenoxy) is 1. The van der Waals surface area contributed by atoms with Crippen LogP contribution in [0.15, 0.2) is 0 Å². The van der Waals surface area contributed by atoms with Crippen LogP contribution >= 0.6 is 0 Å². The van der Waals surface area contributed by atoms with Crippen molar-refractivity contribution in [3.63, 3.8) is 0 Å². The molecule has 1 N–H and O–H groups in total. The summed E-state index contributed by atoms with van der Waals surface area (Å²) in [5.41, 5.74) is 0.137. The van der Waals surface area contributed by atoms with Gasteiger partial charge in [0, 0.05) is 0 Å². The average Bonchev–Trinajstić information content (AvgIpc) is 2.26. The van der Waals surface area contributed by atoms with Crippen LogP contribution in [-0.2, 0) is 4.74 Å². The summed E-state index contributed by atoms with van der Waals surface area (Å²) in [6, 6.07) is 0. The van der Waals surface area contributed by atoms with Crippen LogP contribution in [0.4, 0.5) is 0 Å². The molecule has 2 nitrogen and oxygen atoms in total. The standard InChI is InChI=1S/C9H19NO/c1-9(2)6-8(7-11-9)4-5-10-3/h8,10H,4-7H2,1-3H3. The molecule has 0 aromatic heterocycles. The normalized spacial score (nSPS) is 29.2. The zero-order chi connectivity index (χ0) is 8.32. The van der Waals surface area contributed by atoms with E-state index in [-0.39, 0.29) is 5.60 Å². The third-order valence-corrected chi connectivity index (χ3v) is 2.29. The molecule has 1 atom stereocenters. The number of rotatable bonds is 3. The fourth-order valence-electron chi connectivity index (χ4n) is 1.69.